The molecular weight excluding hydrogens is 319 g/mol. The standard InChI is InChI=1S/C10H8O6S2.Na.H2O.H/c11-17(12,13)9-6-5-7-3-1-2-4-8(7)10(9)18(14,15)16;;;/h1-6H,(H,11,12,13)(H,14,15,16);;1H2;/q;+1;;-1. The minimum atomic E-state index is -4.78. The maximum Gasteiger partial charge on any atom is 1.00 e. The SMILES string of the molecule is O.O=S(=O)(O)c1ccc2ccccc2c1S(=O)(=O)O.[H-].[Na+]. The van der Waals surface area contributed by atoms with Crippen molar-refractivity contribution < 1.29 is 62.4 Å². The minimum absolute atomic E-state index is 0. The Morgan fingerprint density at radius 2 is 1.40 bits per heavy atom. The van der Waals surface area contributed by atoms with Gasteiger partial charge in [-0.2, -0.15) is 16.8 Å². The van der Waals surface area contributed by atoms with Crippen molar-refractivity contribution in [3.05, 3.63) is 36.4 Å². The van der Waals surface area contributed by atoms with E-state index >= 15 is 0 Å². The normalized spacial score (nSPS) is 11.5. The van der Waals surface area contributed by atoms with Gasteiger partial charge >= 0.3 is 29.6 Å². The van der Waals surface area contributed by atoms with Crippen molar-refractivity contribution in [2.45, 2.75) is 9.79 Å². The predicted molar refractivity (Wildman–Crippen MR) is 68.3 cm³/mol. The molecule has 0 saturated heterocycles. The molecule has 2 rings (SSSR count). The van der Waals surface area contributed by atoms with Gasteiger partial charge in [-0.15, -0.1) is 0 Å². The fraction of sp³-hybridized carbons (Fsp3) is 0. The van der Waals surface area contributed by atoms with Crippen LogP contribution in [0.2, 0.25) is 0 Å². The fourth-order valence-corrected chi connectivity index (χ4v) is 3.69. The summed E-state index contributed by atoms with van der Waals surface area (Å²) in [5, 5.41) is 0.452. The summed E-state index contributed by atoms with van der Waals surface area (Å²) in [5.74, 6) is 0. The predicted octanol–water partition coefficient (Wildman–Crippen LogP) is -2.37. The summed E-state index contributed by atoms with van der Waals surface area (Å²) in [7, 11) is -9.53. The zero-order valence-corrected chi connectivity index (χ0v) is 13.9. The van der Waals surface area contributed by atoms with E-state index in [9.17, 15) is 16.8 Å². The van der Waals surface area contributed by atoms with E-state index in [-0.39, 0.29) is 41.8 Å². The quantitative estimate of drug-likeness (QED) is 0.465. The first-order valence-electron chi connectivity index (χ1n) is 4.68. The molecule has 0 amide bonds. The second-order valence-electron chi connectivity index (χ2n) is 3.56. The van der Waals surface area contributed by atoms with Gasteiger partial charge in [-0.25, -0.2) is 0 Å². The van der Waals surface area contributed by atoms with Crippen LogP contribution in [0.4, 0.5) is 0 Å². The molecule has 0 fully saturated rings. The maximum absolute atomic E-state index is 11.3. The van der Waals surface area contributed by atoms with Crippen molar-refractivity contribution >= 4 is 31.0 Å². The molecule has 0 spiro atoms. The third-order valence-corrected chi connectivity index (χ3v) is 4.36. The van der Waals surface area contributed by atoms with E-state index in [4.69, 9.17) is 9.11 Å². The molecule has 0 bridgehead atoms. The average Bonchev–Trinajstić information content (AvgIpc) is 2.24. The molecule has 0 atom stereocenters. The molecule has 7 nitrogen and oxygen atoms in total. The molecule has 0 unspecified atom stereocenters. The minimum Gasteiger partial charge on any atom is -1.00 e. The number of benzene rings is 2. The fourth-order valence-electron chi connectivity index (χ4n) is 1.69. The van der Waals surface area contributed by atoms with E-state index in [1.807, 2.05) is 0 Å². The van der Waals surface area contributed by atoms with E-state index in [0.29, 0.717) is 5.39 Å². The van der Waals surface area contributed by atoms with Crippen LogP contribution in [-0.2, 0) is 20.2 Å². The molecule has 0 heterocycles. The van der Waals surface area contributed by atoms with Gasteiger partial charge in [-0.1, -0.05) is 30.3 Å². The van der Waals surface area contributed by atoms with E-state index in [1.165, 1.54) is 18.2 Å². The Morgan fingerprint density at radius 1 is 0.850 bits per heavy atom. The molecule has 0 radical (unpaired) electrons. The topological polar surface area (TPSA) is 140 Å². The van der Waals surface area contributed by atoms with Crippen molar-refractivity contribution in [1.29, 1.82) is 0 Å². The Bertz CT molecular complexity index is 834. The molecule has 0 aliphatic carbocycles. The van der Waals surface area contributed by atoms with Crippen LogP contribution in [-0.4, -0.2) is 31.4 Å². The van der Waals surface area contributed by atoms with E-state index in [1.54, 1.807) is 12.1 Å². The zero-order chi connectivity index (χ0) is 13.6. The van der Waals surface area contributed by atoms with Crippen LogP contribution in [0.3, 0.4) is 0 Å². The first-order valence-corrected chi connectivity index (χ1v) is 7.56. The summed E-state index contributed by atoms with van der Waals surface area (Å²) in [4.78, 5) is -1.66. The van der Waals surface area contributed by atoms with Gasteiger partial charge in [0.25, 0.3) is 20.2 Å². The van der Waals surface area contributed by atoms with Gasteiger partial charge in [0, 0.05) is 5.39 Å². The van der Waals surface area contributed by atoms with Gasteiger partial charge in [0.2, 0.25) is 0 Å². The summed E-state index contributed by atoms with van der Waals surface area (Å²) < 4.78 is 63.0. The Kier molecular flexibility index (Phi) is 6.33. The first kappa shape index (κ1) is 19.5. The molecule has 4 N–H and O–H groups in total. The summed E-state index contributed by atoms with van der Waals surface area (Å²) in [6.07, 6.45) is 0. The van der Waals surface area contributed by atoms with Crippen LogP contribution >= 0.6 is 0 Å². The first-order chi connectivity index (χ1) is 8.21. The summed E-state index contributed by atoms with van der Waals surface area (Å²) in [6.45, 7) is 0. The molecule has 106 valence electrons. The van der Waals surface area contributed by atoms with E-state index < -0.39 is 30.0 Å². The van der Waals surface area contributed by atoms with Crippen molar-refractivity contribution in [1.82, 2.24) is 0 Å². The second-order valence-corrected chi connectivity index (χ2v) is 6.31. The van der Waals surface area contributed by atoms with Crippen LogP contribution in [0.1, 0.15) is 1.43 Å². The Labute approximate surface area is 139 Å². The monoisotopic (exact) mass is 330 g/mol. The average molecular weight is 330 g/mol. The Morgan fingerprint density at radius 3 is 1.90 bits per heavy atom. The van der Waals surface area contributed by atoms with Gasteiger partial charge in [-0.3, -0.25) is 9.11 Å². The largest absolute Gasteiger partial charge is 1.00 e. The van der Waals surface area contributed by atoms with E-state index in [0.717, 1.165) is 6.07 Å². The van der Waals surface area contributed by atoms with Crippen molar-refractivity contribution in [2.24, 2.45) is 0 Å². The second kappa shape index (κ2) is 6.50. The Hall–Kier alpha value is -0.520. The molecule has 0 aliphatic heterocycles. The molecule has 0 aliphatic rings. The van der Waals surface area contributed by atoms with Gasteiger partial charge in [0.1, 0.15) is 9.79 Å². The third kappa shape index (κ3) is 3.77. The van der Waals surface area contributed by atoms with Crippen molar-refractivity contribution in [3.8, 4) is 0 Å². The van der Waals surface area contributed by atoms with Crippen LogP contribution in [0, 0.1) is 0 Å². The van der Waals surface area contributed by atoms with E-state index in [2.05, 4.69) is 0 Å². The number of fused-ring (bicyclic) bond motifs is 1. The molecule has 0 aromatic heterocycles. The molecule has 2 aromatic rings. The number of hydrogen-bond acceptors (Lipinski definition) is 4. The molecule has 20 heavy (non-hydrogen) atoms. The number of hydrogen-bond donors (Lipinski definition) is 2. The molecule has 10 heteroatoms. The summed E-state index contributed by atoms with van der Waals surface area (Å²) in [5.41, 5.74) is 0. The van der Waals surface area contributed by atoms with Gasteiger partial charge in [0.15, 0.2) is 0 Å². The van der Waals surface area contributed by atoms with Crippen LogP contribution in [0.25, 0.3) is 10.8 Å². The smallest absolute Gasteiger partial charge is 1.00 e. The van der Waals surface area contributed by atoms with Crippen LogP contribution in [0.5, 0.6) is 0 Å². The van der Waals surface area contributed by atoms with Crippen LogP contribution < -0.4 is 29.6 Å². The zero-order valence-electron chi connectivity index (χ0n) is 11.3. The summed E-state index contributed by atoms with van der Waals surface area (Å²) in [6, 6.07) is 8.28. The number of rotatable bonds is 2. The van der Waals surface area contributed by atoms with Crippen LogP contribution in [0.15, 0.2) is 46.2 Å². The molecular formula is C10H11NaO7S2. The Balaban J connectivity index is 0. The van der Waals surface area contributed by atoms with Gasteiger partial charge in [-0.05, 0) is 11.5 Å². The van der Waals surface area contributed by atoms with Crippen molar-refractivity contribution in [2.75, 3.05) is 0 Å². The summed E-state index contributed by atoms with van der Waals surface area (Å²) >= 11 is 0. The van der Waals surface area contributed by atoms with Crippen molar-refractivity contribution in [3.63, 3.8) is 0 Å². The van der Waals surface area contributed by atoms with Gasteiger partial charge < -0.3 is 6.90 Å². The molecule has 2 aromatic carbocycles. The molecule has 0 saturated carbocycles. The van der Waals surface area contributed by atoms with Gasteiger partial charge in [0.05, 0.1) is 0 Å². The maximum atomic E-state index is 11.3. The third-order valence-electron chi connectivity index (χ3n) is 2.38.